The predicted octanol–water partition coefficient (Wildman–Crippen LogP) is 0.632. The topological polar surface area (TPSA) is 61.4 Å². The highest BCUT2D eigenvalue weighted by Gasteiger charge is 2.18. The average molecular weight is 236 g/mol. The summed E-state index contributed by atoms with van der Waals surface area (Å²) >= 11 is 8.85. The Hall–Kier alpha value is -0.490. The van der Waals surface area contributed by atoms with E-state index in [0.717, 1.165) is 0 Å². The van der Waals surface area contributed by atoms with Gasteiger partial charge in [-0.25, -0.2) is 4.79 Å². The summed E-state index contributed by atoms with van der Waals surface area (Å²) in [6, 6.07) is -0.749. The van der Waals surface area contributed by atoms with Crippen molar-refractivity contribution in [1.29, 1.82) is 0 Å². The summed E-state index contributed by atoms with van der Waals surface area (Å²) in [4.78, 5) is 10.6. The van der Waals surface area contributed by atoms with Crippen LogP contribution in [0.1, 0.15) is 20.8 Å². The van der Waals surface area contributed by atoms with Crippen LogP contribution in [0.4, 0.5) is 0 Å². The Balaban J connectivity index is 4.11. The third-order valence-corrected chi connectivity index (χ3v) is 1.86. The van der Waals surface area contributed by atoms with E-state index in [-0.39, 0.29) is 11.3 Å². The van der Waals surface area contributed by atoms with Crippen molar-refractivity contribution >= 4 is 35.9 Å². The molecule has 0 bridgehead atoms. The van der Waals surface area contributed by atoms with Crippen LogP contribution in [-0.4, -0.2) is 33.5 Å². The first-order valence-corrected chi connectivity index (χ1v) is 5.22. The van der Waals surface area contributed by atoms with Gasteiger partial charge < -0.3 is 15.7 Å². The van der Waals surface area contributed by atoms with Crippen molar-refractivity contribution in [2.24, 2.45) is 0 Å². The number of carboxylic acid groups (broad SMARTS) is 1. The highest BCUT2D eigenvalue weighted by molar-refractivity contribution is 7.80. The second kappa shape index (κ2) is 5.41. The van der Waals surface area contributed by atoms with E-state index in [2.05, 4.69) is 23.3 Å². The molecule has 3 N–H and O–H groups in total. The number of aliphatic carboxylic acids is 1. The van der Waals surface area contributed by atoms with Crippen molar-refractivity contribution in [3.05, 3.63) is 0 Å². The molecule has 0 aliphatic carbocycles. The summed E-state index contributed by atoms with van der Waals surface area (Å²) in [5.41, 5.74) is -0.177. The molecule has 6 heteroatoms. The Morgan fingerprint density at radius 1 is 1.57 bits per heavy atom. The van der Waals surface area contributed by atoms with E-state index in [1.165, 1.54) is 0 Å². The van der Waals surface area contributed by atoms with E-state index in [1.54, 1.807) is 0 Å². The standard InChI is InChI=1S/C8H16N2O2S2/c1-8(2,3)10-7(14)9-5(4-13)6(11)12/h5,13H,4H2,1-3H3,(H,11,12)(H2,9,10,14)/t5-/m0/s1. The number of hydrogen-bond donors (Lipinski definition) is 4. The van der Waals surface area contributed by atoms with E-state index >= 15 is 0 Å². The lowest BCUT2D eigenvalue weighted by Gasteiger charge is -2.24. The summed E-state index contributed by atoms with van der Waals surface area (Å²) in [6.07, 6.45) is 0. The minimum atomic E-state index is -0.960. The predicted molar refractivity (Wildman–Crippen MR) is 63.9 cm³/mol. The lowest BCUT2D eigenvalue weighted by atomic mass is 10.1. The smallest absolute Gasteiger partial charge is 0.327 e. The number of thiol groups is 1. The fourth-order valence-corrected chi connectivity index (χ4v) is 1.42. The van der Waals surface area contributed by atoms with Crippen molar-refractivity contribution in [2.75, 3.05) is 5.75 Å². The first-order valence-electron chi connectivity index (χ1n) is 4.18. The molecule has 0 radical (unpaired) electrons. The van der Waals surface area contributed by atoms with Gasteiger partial charge >= 0.3 is 5.97 Å². The van der Waals surface area contributed by atoms with Crippen LogP contribution in [0.2, 0.25) is 0 Å². The number of hydrogen-bond acceptors (Lipinski definition) is 3. The fraction of sp³-hybridized carbons (Fsp3) is 0.750. The van der Waals surface area contributed by atoms with Gasteiger partial charge in [0.25, 0.3) is 0 Å². The van der Waals surface area contributed by atoms with Crippen LogP contribution in [0.15, 0.2) is 0 Å². The number of nitrogens with one attached hydrogen (secondary N) is 2. The maximum Gasteiger partial charge on any atom is 0.327 e. The Labute approximate surface area is 94.9 Å². The summed E-state index contributed by atoms with van der Waals surface area (Å²) in [7, 11) is 0. The van der Waals surface area contributed by atoms with Gasteiger partial charge in [0.1, 0.15) is 6.04 Å². The molecule has 4 nitrogen and oxygen atoms in total. The van der Waals surface area contributed by atoms with Crippen molar-refractivity contribution in [3.8, 4) is 0 Å². The minimum Gasteiger partial charge on any atom is -0.480 e. The van der Waals surface area contributed by atoms with Crippen LogP contribution in [0.25, 0.3) is 0 Å². The Bertz CT molecular complexity index is 226. The zero-order chi connectivity index (χ0) is 11.4. The van der Waals surface area contributed by atoms with Crippen molar-refractivity contribution in [3.63, 3.8) is 0 Å². The molecule has 82 valence electrons. The molecule has 14 heavy (non-hydrogen) atoms. The second-order valence-corrected chi connectivity index (χ2v) is 4.70. The SMILES string of the molecule is CC(C)(C)NC(=S)N[C@@H](CS)C(=O)O. The van der Waals surface area contributed by atoms with Gasteiger partial charge in [0.2, 0.25) is 0 Å². The first-order chi connectivity index (χ1) is 6.26. The molecule has 0 heterocycles. The van der Waals surface area contributed by atoms with Crippen LogP contribution < -0.4 is 10.6 Å². The minimum absolute atomic E-state index is 0.177. The van der Waals surface area contributed by atoms with E-state index in [4.69, 9.17) is 17.3 Å². The molecule has 0 aliphatic rings. The quantitative estimate of drug-likeness (QED) is 0.428. The van der Waals surface area contributed by atoms with Gasteiger partial charge in [-0.15, -0.1) is 0 Å². The number of thiocarbonyl (C=S) groups is 1. The van der Waals surface area contributed by atoms with Crippen LogP contribution in [0.5, 0.6) is 0 Å². The van der Waals surface area contributed by atoms with Gasteiger partial charge in [0.15, 0.2) is 5.11 Å². The molecule has 0 amide bonds. The normalized spacial score (nSPS) is 13.1. The van der Waals surface area contributed by atoms with E-state index < -0.39 is 12.0 Å². The van der Waals surface area contributed by atoms with Crippen LogP contribution >= 0.6 is 24.8 Å². The molecule has 0 aromatic carbocycles. The average Bonchev–Trinajstić information content (AvgIpc) is 1.96. The highest BCUT2D eigenvalue weighted by Crippen LogP contribution is 1.98. The van der Waals surface area contributed by atoms with Crippen molar-refractivity contribution in [1.82, 2.24) is 10.6 Å². The maximum absolute atomic E-state index is 10.6. The Kier molecular flexibility index (Phi) is 5.22. The summed E-state index contributed by atoms with van der Waals surface area (Å²) in [5, 5.41) is 14.7. The Morgan fingerprint density at radius 2 is 2.07 bits per heavy atom. The van der Waals surface area contributed by atoms with E-state index in [0.29, 0.717) is 5.11 Å². The Morgan fingerprint density at radius 3 is 2.36 bits per heavy atom. The lowest BCUT2D eigenvalue weighted by Crippen LogP contribution is -2.52. The third-order valence-electron chi connectivity index (χ3n) is 1.27. The second-order valence-electron chi connectivity index (χ2n) is 3.92. The van der Waals surface area contributed by atoms with E-state index in [9.17, 15) is 4.79 Å². The molecule has 0 saturated carbocycles. The largest absolute Gasteiger partial charge is 0.480 e. The molecule has 0 rings (SSSR count). The molecule has 0 aromatic rings. The molecule has 0 spiro atoms. The van der Waals surface area contributed by atoms with Crippen LogP contribution in [0.3, 0.4) is 0 Å². The van der Waals surface area contributed by atoms with Gasteiger partial charge in [-0.2, -0.15) is 12.6 Å². The molecular weight excluding hydrogens is 220 g/mol. The number of rotatable bonds is 3. The fourth-order valence-electron chi connectivity index (χ4n) is 0.720. The van der Waals surface area contributed by atoms with Gasteiger partial charge in [-0.1, -0.05) is 0 Å². The maximum atomic E-state index is 10.6. The first kappa shape index (κ1) is 13.5. The highest BCUT2D eigenvalue weighted by atomic mass is 32.1. The molecule has 0 unspecified atom stereocenters. The molecule has 0 aliphatic heterocycles. The monoisotopic (exact) mass is 236 g/mol. The van der Waals surface area contributed by atoms with Crippen molar-refractivity contribution < 1.29 is 9.90 Å². The van der Waals surface area contributed by atoms with E-state index in [1.807, 2.05) is 20.8 Å². The summed E-state index contributed by atoms with van der Waals surface area (Å²) in [5.74, 6) is -0.764. The lowest BCUT2D eigenvalue weighted by molar-refractivity contribution is -0.138. The number of carbonyl (C=O) groups is 1. The molecule has 0 aromatic heterocycles. The molecule has 0 fully saturated rings. The van der Waals surface area contributed by atoms with Crippen LogP contribution in [-0.2, 0) is 4.79 Å². The molecular formula is C8H16N2O2S2. The van der Waals surface area contributed by atoms with Gasteiger partial charge in [-0.3, -0.25) is 0 Å². The summed E-state index contributed by atoms with van der Waals surface area (Å²) in [6.45, 7) is 5.83. The van der Waals surface area contributed by atoms with Gasteiger partial charge in [0, 0.05) is 11.3 Å². The molecule has 0 saturated heterocycles. The van der Waals surface area contributed by atoms with Gasteiger partial charge in [-0.05, 0) is 33.0 Å². The summed E-state index contributed by atoms with van der Waals surface area (Å²) < 4.78 is 0. The van der Waals surface area contributed by atoms with Gasteiger partial charge in [0.05, 0.1) is 0 Å². The zero-order valence-corrected chi connectivity index (χ0v) is 10.2. The van der Waals surface area contributed by atoms with Crippen LogP contribution in [0, 0.1) is 0 Å². The van der Waals surface area contributed by atoms with Crippen molar-refractivity contribution in [2.45, 2.75) is 32.4 Å². The third kappa shape index (κ3) is 6.04. The number of carboxylic acids is 1. The molecule has 1 atom stereocenters. The zero-order valence-electron chi connectivity index (χ0n) is 8.50.